The molecule has 0 amide bonds. The highest BCUT2D eigenvalue weighted by atomic mass is 32.2. The summed E-state index contributed by atoms with van der Waals surface area (Å²) in [5.41, 5.74) is 1.41. The summed E-state index contributed by atoms with van der Waals surface area (Å²) in [7, 11) is 1.44. The summed E-state index contributed by atoms with van der Waals surface area (Å²) in [5.74, 6) is 1.30. The highest BCUT2D eigenvalue weighted by Crippen LogP contribution is 2.37. The third-order valence-electron chi connectivity index (χ3n) is 4.14. The van der Waals surface area contributed by atoms with Crippen LogP contribution in [-0.2, 0) is 0 Å². The topological polar surface area (TPSA) is 102 Å². The molecule has 2 aromatic heterocycles. The molecule has 0 N–H and O–H groups in total. The van der Waals surface area contributed by atoms with Crippen LogP contribution in [0.3, 0.4) is 0 Å². The zero-order valence-electron chi connectivity index (χ0n) is 15.6. The van der Waals surface area contributed by atoms with E-state index in [1.54, 1.807) is 24.3 Å². The molecular weight excluding hydrogens is 422 g/mol. The number of methoxy groups -OCH3 is 1. The smallest absolute Gasteiger partial charge is 0.273 e. The number of nitriles is 1. The van der Waals surface area contributed by atoms with Gasteiger partial charge in [0.2, 0.25) is 0 Å². The number of benzene rings is 2. The van der Waals surface area contributed by atoms with Crippen molar-refractivity contribution in [2.24, 2.45) is 0 Å². The number of fused-ring (bicyclic) bond motifs is 1. The average Bonchev–Trinajstić information content (AvgIpc) is 3.39. The predicted octanol–water partition coefficient (Wildman–Crippen LogP) is 6.13. The van der Waals surface area contributed by atoms with Crippen LogP contribution < -0.4 is 4.74 Å². The van der Waals surface area contributed by atoms with E-state index < -0.39 is 4.92 Å². The van der Waals surface area contributed by atoms with E-state index in [-0.39, 0.29) is 5.69 Å². The summed E-state index contributed by atoms with van der Waals surface area (Å²) >= 11 is 2.79. The molecule has 2 heterocycles. The lowest BCUT2D eigenvalue weighted by Crippen LogP contribution is -1.91. The van der Waals surface area contributed by atoms with Gasteiger partial charge in [0.05, 0.1) is 38.8 Å². The van der Waals surface area contributed by atoms with Crippen LogP contribution in [0.1, 0.15) is 5.76 Å². The van der Waals surface area contributed by atoms with Crippen molar-refractivity contribution >= 4 is 45.1 Å². The molecule has 30 heavy (non-hydrogen) atoms. The van der Waals surface area contributed by atoms with Crippen molar-refractivity contribution in [2.75, 3.05) is 7.11 Å². The van der Waals surface area contributed by atoms with Gasteiger partial charge in [-0.25, -0.2) is 4.98 Å². The number of hydrogen-bond acceptors (Lipinski definition) is 8. The van der Waals surface area contributed by atoms with Crippen LogP contribution in [-0.4, -0.2) is 17.0 Å². The van der Waals surface area contributed by atoms with E-state index in [0.717, 1.165) is 14.6 Å². The minimum absolute atomic E-state index is 0.0683. The number of thiazole rings is 1. The number of nitrogens with zero attached hydrogens (tertiary/aromatic N) is 3. The Hall–Kier alpha value is -3.61. The number of furan rings is 1. The number of non-ortho nitro benzene ring substituents is 1. The summed E-state index contributed by atoms with van der Waals surface area (Å²) in [6, 6.07) is 17.7. The molecule has 0 atom stereocenters. The van der Waals surface area contributed by atoms with Gasteiger partial charge >= 0.3 is 0 Å². The molecule has 0 aliphatic heterocycles. The third kappa shape index (κ3) is 4.05. The molecule has 0 aliphatic rings. The van der Waals surface area contributed by atoms with Crippen molar-refractivity contribution in [3.63, 3.8) is 0 Å². The summed E-state index contributed by atoms with van der Waals surface area (Å²) < 4.78 is 12.9. The average molecular weight is 435 g/mol. The SMILES string of the molecule is COc1cc([N+](=O)[O-])ccc1-c1ccc(C=C(C#N)Sc2nc3ccccc3s2)o1. The highest BCUT2D eigenvalue weighted by molar-refractivity contribution is 8.05. The molecule has 9 heteroatoms. The quantitative estimate of drug-likeness (QED) is 0.155. The first-order valence-corrected chi connectivity index (χ1v) is 10.3. The zero-order chi connectivity index (χ0) is 21.1. The number of aromatic nitrogens is 1. The van der Waals surface area contributed by atoms with Crippen LogP contribution >= 0.6 is 23.1 Å². The first-order valence-electron chi connectivity index (χ1n) is 8.65. The number of hydrogen-bond donors (Lipinski definition) is 0. The monoisotopic (exact) mass is 435 g/mol. The maximum atomic E-state index is 11.0. The van der Waals surface area contributed by atoms with Crippen LogP contribution in [0.2, 0.25) is 0 Å². The van der Waals surface area contributed by atoms with Crippen LogP contribution in [0, 0.1) is 21.4 Å². The summed E-state index contributed by atoms with van der Waals surface area (Å²) in [4.78, 5) is 15.4. The fraction of sp³-hybridized carbons (Fsp3) is 0.0476. The second-order valence-electron chi connectivity index (χ2n) is 6.01. The molecular formula is C21H13N3O4S2. The van der Waals surface area contributed by atoms with Gasteiger partial charge in [-0.1, -0.05) is 12.1 Å². The molecule has 0 fully saturated rings. The minimum atomic E-state index is -0.485. The first kappa shape index (κ1) is 19.7. The highest BCUT2D eigenvalue weighted by Gasteiger charge is 2.15. The molecule has 0 bridgehead atoms. The van der Waals surface area contributed by atoms with Gasteiger partial charge < -0.3 is 9.15 Å². The van der Waals surface area contributed by atoms with E-state index in [1.165, 1.54) is 42.3 Å². The van der Waals surface area contributed by atoms with Crippen LogP contribution in [0.15, 0.2) is 68.3 Å². The number of thioether (sulfide) groups is 1. The normalized spacial score (nSPS) is 11.4. The Balaban J connectivity index is 1.60. The molecule has 0 saturated carbocycles. The number of nitro groups is 1. The molecule has 4 aromatic rings. The first-order chi connectivity index (χ1) is 14.6. The van der Waals surface area contributed by atoms with E-state index in [0.29, 0.717) is 27.7 Å². The lowest BCUT2D eigenvalue weighted by Gasteiger charge is -2.05. The van der Waals surface area contributed by atoms with Gasteiger partial charge in [0.25, 0.3) is 5.69 Å². The van der Waals surface area contributed by atoms with Gasteiger partial charge in [-0.15, -0.1) is 11.3 Å². The van der Waals surface area contributed by atoms with Crippen molar-refractivity contribution in [3.05, 3.63) is 75.4 Å². The van der Waals surface area contributed by atoms with Gasteiger partial charge in [-0.2, -0.15) is 5.26 Å². The Morgan fingerprint density at radius 3 is 2.87 bits per heavy atom. The molecule has 4 rings (SSSR count). The zero-order valence-corrected chi connectivity index (χ0v) is 17.2. The number of para-hydroxylation sites is 1. The second-order valence-corrected chi connectivity index (χ2v) is 8.33. The Labute approximate surface area is 179 Å². The number of ether oxygens (including phenoxy) is 1. The maximum absolute atomic E-state index is 11.0. The predicted molar refractivity (Wildman–Crippen MR) is 116 cm³/mol. The van der Waals surface area contributed by atoms with E-state index in [1.807, 2.05) is 24.3 Å². The van der Waals surface area contributed by atoms with Crippen LogP contribution in [0.4, 0.5) is 5.69 Å². The minimum Gasteiger partial charge on any atom is -0.496 e. The van der Waals surface area contributed by atoms with E-state index >= 15 is 0 Å². The number of nitro benzene ring substituents is 1. The molecule has 2 aromatic carbocycles. The van der Waals surface area contributed by atoms with Gasteiger partial charge in [-0.05, 0) is 42.1 Å². The lowest BCUT2D eigenvalue weighted by molar-refractivity contribution is -0.384. The van der Waals surface area contributed by atoms with Gasteiger partial charge in [0.1, 0.15) is 23.3 Å². The van der Waals surface area contributed by atoms with Crippen LogP contribution in [0.25, 0.3) is 27.6 Å². The fourth-order valence-electron chi connectivity index (χ4n) is 2.77. The second kappa shape index (κ2) is 8.41. The van der Waals surface area contributed by atoms with E-state index in [4.69, 9.17) is 9.15 Å². The molecule has 0 saturated heterocycles. The molecule has 0 aliphatic carbocycles. The summed E-state index contributed by atoms with van der Waals surface area (Å²) in [6.07, 6.45) is 1.64. The summed E-state index contributed by atoms with van der Waals surface area (Å²) in [5, 5.41) is 20.5. The van der Waals surface area contributed by atoms with Gasteiger partial charge in [0.15, 0.2) is 4.34 Å². The fourth-order valence-corrected chi connectivity index (χ4v) is 4.73. The Bertz CT molecular complexity index is 1280. The number of rotatable bonds is 6. The number of allylic oxidation sites excluding steroid dienone is 1. The molecule has 148 valence electrons. The van der Waals surface area contributed by atoms with Crippen molar-refractivity contribution in [1.29, 1.82) is 5.26 Å². The summed E-state index contributed by atoms with van der Waals surface area (Å²) in [6.45, 7) is 0. The van der Waals surface area contributed by atoms with E-state index in [9.17, 15) is 15.4 Å². The van der Waals surface area contributed by atoms with Crippen LogP contribution in [0.5, 0.6) is 5.75 Å². The standard InChI is InChI=1S/C21H13N3O4S2/c1-27-19-10-13(24(25)26)6-8-16(19)18-9-7-14(28-18)11-15(12-22)29-21-23-17-4-2-3-5-20(17)30-21/h2-11H,1H3. The van der Waals surface area contributed by atoms with Crippen molar-refractivity contribution in [1.82, 2.24) is 4.98 Å². The molecule has 0 unspecified atom stereocenters. The molecule has 7 nitrogen and oxygen atoms in total. The largest absolute Gasteiger partial charge is 0.496 e. The molecule has 0 radical (unpaired) electrons. The molecule has 0 spiro atoms. The Morgan fingerprint density at radius 1 is 1.30 bits per heavy atom. The Kier molecular flexibility index (Phi) is 5.52. The third-order valence-corrected chi connectivity index (χ3v) is 6.17. The Morgan fingerprint density at radius 2 is 2.13 bits per heavy atom. The maximum Gasteiger partial charge on any atom is 0.273 e. The van der Waals surface area contributed by atoms with Crippen molar-refractivity contribution < 1.29 is 14.1 Å². The lowest BCUT2D eigenvalue weighted by atomic mass is 10.1. The van der Waals surface area contributed by atoms with Gasteiger partial charge in [0, 0.05) is 12.1 Å². The van der Waals surface area contributed by atoms with E-state index in [2.05, 4.69) is 11.1 Å². The van der Waals surface area contributed by atoms with Crippen molar-refractivity contribution in [3.8, 4) is 23.1 Å². The van der Waals surface area contributed by atoms with Gasteiger partial charge in [-0.3, -0.25) is 10.1 Å². The van der Waals surface area contributed by atoms with Crippen molar-refractivity contribution in [2.45, 2.75) is 4.34 Å².